The maximum absolute atomic E-state index is 11.0. The maximum Gasteiger partial charge on any atom is 0.306 e. The van der Waals surface area contributed by atoms with Gasteiger partial charge in [0, 0.05) is 32.4 Å². The molecule has 0 bridgehead atoms. The molecule has 1 aromatic heterocycles. The number of hydrogen-bond acceptors (Lipinski definition) is 3. The van der Waals surface area contributed by atoms with E-state index >= 15 is 0 Å². The van der Waals surface area contributed by atoms with Gasteiger partial charge in [0.05, 0.1) is 5.92 Å². The first-order chi connectivity index (χ1) is 11.1. The Kier molecular flexibility index (Phi) is 5.51. The topological polar surface area (TPSA) is 49.3 Å². The summed E-state index contributed by atoms with van der Waals surface area (Å²) in [6.45, 7) is 0.859. The van der Waals surface area contributed by atoms with E-state index in [1.165, 1.54) is 15.3 Å². The molecule has 1 fully saturated rings. The highest BCUT2D eigenvalue weighted by atomic mass is 79.9. The predicted octanol–water partition coefficient (Wildman–Crippen LogP) is 4.91. The predicted molar refractivity (Wildman–Crippen MR) is 97.7 cm³/mol. The standard InChI is InChI=1S/C18H20BrNO2S/c19-16-4-2-1-3-15(16)17-10-9-14(23-17)11-20-13-7-5-12(6-8-13)18(21)22/h1-4,9-10,12-13,20H,5-8,11H2,(H,21,22). The van der Waals surface area contributed by atoms with Crippen LogP contribution >= 0.6 is 27.3 Å². The molecule has 0 spiro atoms. The van der Waals surface area contributed by atoms with Crippen molar-refractivity contribution in [1.82, 2.24) is 5.32 Å². The molecule has 1 aliphatic carbocycles. The molecule has 3 nitrogen and oxygen atoms in total. The third kappa shape index (κ3) is 4.22. The zero-order chi connectivity index (χ0) is 16.2. The Morgan fingerprint density at radius 3 is 2.61 bits per heavy atom. The van der Waals surface area contributed by atoms with Crippen molar-refractivity contribution < 1.29 is 9.90 Å². The van der Waals surface area contributed by atoms with Crippen LogP contribution in [-0.2, 0) is 11.3 Å². The molecule has 0 atom stereocenters. The lowest BCUT2D eigenvalue weighted by atomic mass is 9.86. The van der Waals surface area contributed by atoms with Crippen molar-refractivity contribution in [3.05, 3.63) is 45.7 Å². The summed E-state index contributed by atoms with van der Waals surface area (Å²) in [6.07, 6.45) is 3.50. The van der Waals surface area contributed by atoms with Crippen LogP contribution in [0.2, 0.25) is 0 Å². The van der Waals surface area contributed by atoms with Crippen molar-refractivity contribution >= 4 is 33.2 Å². The largest absolute Gasteiger partial charge is 0.481 e. The van der Waals surface area contributed by atoms with Crippen LogP contribution in [0.4, 0.5) is 0 Å². The lowest BCUT2D eigenvalue weighted by Crippen LogP contribution is -2.34. The van der Waals surface area contributed by atoms with E-state index in [9.17, 15) is 4.79 Å². The van der Waals surface area contributed by atoms with E-state index in [2.05, 4.69) is 51.6 Å². The third-order valence-corrected chi connectivity index (χ3v) is 6.25. The van der Waals surface area contributed by atoms with Gasteiger partial charge in [0.15, 0.2) is 0 Å². The Labute approximate surface area is 148 Å². The van der Waals surface area contributed by atoms with Crippen LogP contribution in [0.1, 0.15) is 30.6 Å². The fourth-order valence-electron chi connectivity index (χ4n) is 3.07. The fraction of sp³-hybridized carbons (Fsp3) is 0.389. The van der Waals surface area contributed by atoms with E-state index in [1.807, 2.05) is 17.4 Å². The summed E-state index contributed by atoms with van der Waals surface area (Å²) in [5, 5.41) is 12.6. The fourth-order valence-corrected chi connectivity index (χ4v) is 4.70. The van der Waals surface area contributed by atoms with Gasteiger partial charge in [-0.3, -0.25) is 4.79 Å². The molecule has 0 aliphatic heterocycles. The molecule has 2 aromatic rings. The number of carbonyl (C=O) groups is 1. The minimum absolute atomic E-state index is 0.142. The smallest absolute Gasteiger partial charge is 0.306 e. The van der Waals surface area contributed by atoms with Crippen LogP contribution in [0.5, 0.6) is 0 Å². The lowest BCUT2D eigenvalue weighted by Gasteiger charge is -2.26. The van der Waals surface area contributed by atoms with E-state index in [0.29, 0.717) is 6.04 Å². The molecule has 1 heterocycles. The van der Waals surface area contributed by atoms with Crippen LogP contribution in [-0.4, -0.2) is 17.1 Å². The molecule has 0 saturated heterocycles. The van der Waals surface area contributed by atoms with Crippen molar-refractivity contribution in [2.75, 3.05) is 0 Å². The average Bonchev–Trinajstić information content (AvgIpc) is 3.02. The van der Waals surface area contributed by atoms with Crippen molar-refractivity contribution in [1.29, 1.82) is 0 Å². The Balaban J connectivity index is 1.54. The van der Waals surface area contributed by atoms with Gasteiger partial charge in [-0.25, -0.2) is 0 Å². The van der Waals surface area contributed by atoms with Gasteiger partial charge >= 0.3 is 5.97 Å². The number of carboxylic acid groups (broad SMARTS) is 1. The Bertz CT molecular complexity index is 677. The number of aliphatic carboxylic acids is 1. The van der Waals surface area contributed by atoms with E-state index < -0.39 is 5.97 Å². The van der Waals surface area contributed by atoms with Crippen molar-refractivity contribution in [2.45, 2.75) is 38.3 Å². The summed E-state index contributed by atoms with van der Waals surface area (Å²) >= 11 is 5.41. The second-order valence-electron chi connectivity index (χ2n) is 6.01. The molecule has 23 heavy (non-hydrogen) atoms. The first-order valence-electron chi connectivity index (χ1n) is 7.93. The summed E-state index contributed by atoms with van der Waals surface area (Å²) in [6, 6.07) is 13.1. The number of halogens is 1. The van der Waals surface area contributed by atoms with Gasteiger partial charge in [-0.1, -0.05) is 34.1 Å². The van der Waals surface area contributed by atoms with Gasteiger partial charge in [-0.2, -0.15) is 0 Å². The van der Waals surface area contributed by atoms with E-state index in [1.54, 1.807) is 0 Å². The van der Waals surface area contributed by atoms with Gasteiger partial charge < -0.3 is 10.4 Å². The minimum Gasteiger partial charge on any atom is -0.481 e. The third-order valence-electron chi connectivity index (χ3n) is 4.44. The van der Waals surface area contributed by atoms with Gasteiger partial charge in [0.25, 0.3) is 0 Å². The zero-order valence-electron chi connectivity index (χ0n) is 12.8. The van der Waals surface area contributed by atoms with Crippen LogP contribution in [0.25, 0.3) is 10.4 Å². The Morgan fingerprint density at radius 2 is 1.91 bits per heavy atom. The second-order valence-corrected chi connectivity index (χ2v) is 8.04. The molecule has 3 rings (SSSR count). The normalized spacial score (nSPS) is 21.3. The molecule has 122 valence electrons. The minimum atomic E-state index is -0.639. The molecule has 0 amide bonds. The van der Waals surface area contributed by atoms with Crippen LogP contribution in [0.15, 0.2) is 40.9 Å². The summed E-state index contributed by atoms with van der Waals surface area (Å²) in [5.41, 5.74) is 1.23. The van der Waals surface area contributed by atoms with E-state index in [-0.39, 0.29) is 5.92 Å². The van der Waals surface area contributed by atoms with Gasteiger partial charge in [0.1, 0.15) is 0 Å². The highest BCUT2D eigenvalue weighted by Gasteiger charge is 2.25. The van der Waals surface area contributed by atoms with Crippen LogP contribution in [0, 0.1) is 5.92 Å². The number of nitrogens with one attached hydrogen (secondary N) is 1. The maximum atomic E-state index is 11.0. The van der Waals surface area contributed by atoms with Crippen LogP contribution < -0.4 is 5.32 Å². The highest BCUT2D eigenvalue weighted by Crippen LogP contribution is 2.33. The summed E-state index contributed by atoms with van der Waals surface area (Å²) in [5.74, 6) is -0.781. The van der Waals surface area contributed by atoms with Gasteiger partial charge in [0.2, 0.25) is 0 Å². The molecule has 1 aromatic carbocycles. The number of hydrogen-bond donors (Lipinski definition) is 2. The summed E-state index contributed by atoms with van der Waals surface area (Å²) in [4.78, 5) is 13.6. The van der Waals surface area contributed by atoms with Gasteiger partial charge in [-0.05, 0) is 43.9 Å². The number of rotatable bonds is 5. The number of carboxylic acids is 1. The molecule has 2 N–H and O–H groups in total. The molecular weight excluding hydrogens is 374 g/mol. The molecule has 5 heteroatoms. The quantitative estimate of drug-likeness (QED) is 0.758. The molecular formula is C18H20BrNO2S. The second kappa shape index (κ2) is 7.60. The van der Waals surface area contributed by atoms with Crippen molar-refractivity contribution in [3.63, 3.8) is 0 Å². The summed E-state index contributed by atoms with van der Waals surface area (Å²) < 4.78 is 1.12. The molecule has 1 saturated carbocycles. The molecule has 0 radical (unpaired) electrons. The van der Waals surface area contributed by atoms with Crippen molar-refractivity contribution in [3.8, 4) is 10.4 Å². The van der Waals surface area contributed by atoms with Crippen molar-refractivity contribution in [2.24, 2.45) is 5.92 Å². The SMILES string of the molecule is O=C(O)C1CCC(NCc2ccc(-c3ccccc3Br)s2)CC1. The molecule has 1 aliphatic rings. The lowest BCUT2D eigenvalue weighted by molar-refractivity contribution is -0.142. The highest BCUT2D eigenvalue weighted by molar-refractivity contribution is 9.10. The van der Waals surface area contributed by atoms with Crippen LogP contribution in [0.3, 0.4) is 0 Å². The Hall–Kier alpha value is -1.17. The van der Waals surface area contributed by atoms with E-state index in [0.717, 1.165) is 36.7 Å². The summed E-state index contributed by atoms with van der Waals surface area (Å²) in [7, 11) is 0. The number of benzene rings is 1. The first-order valence-corrected chi connectivity index (χ1v) is 9.54. The number of thiophene rings is 1. The molecule has 0 unspecified atom stereocenters. The van der Waals surface area contributed by atoms with E-state index in [4.69, 9.17) is 5.11 Å². The zero-order valence-corrected chi connectivity index (χ0v) is 15.2. The monoisotopic (exact) mass is 393 g/mol. The van der Waals surface area contributed by atoms with Gasteiger partial charge in [-0.15, -0.1) is 11.3 Å². The Morgan fingerprint density at radius 1 is 1.17 bits per heavy atom. The average molecular weight is 394 g/mol. The first kappa shape index (κ1) is 16.7.